The minimum Gasteiger partial charge on any atom is -0.0985 e. The molecule has 0 spiro atoms. The minimum atomic E-state index is 1.10. The van der Waals surface area contributed by atoms with E-state index in [-0.39, 0.29) is 0 Å². The molecule has 0 saturated heterocycles. The molecule has 0 aromatic heterocycles. The van der Waals surface area contributed by atoms with Gasteiger partial charge >= 0.3 is 0 Å². The van der Waals surface area contributed by atoms with Crippen LogP contribution in [0.3, 0.4) is 0 Å². The number of hydrogen-bond donors (Lipinski definition) is 0. The third kappa shape index (κ3) is 3.10. The Morgan fingerprint density at radius 1 is 0.944 bits per heavy atom. The van der Waals surface area contributed by atoms with Gasteiger partial charge in [-0.3, -0.25) is 0 Å². The van der Waals surface area contributed by atoms with E-state index < -0.39 is 0 Å². The molecule has 0 fully saturated rings. The number of aryl methyl sites for hydroxylation is 4. The molecule has 0 radical (unpaired) electrons. The maximum absolute atomic E-state index is 3.78. The van der Waals surface area contributed by atoms with Crippen LogP contribution in [0.1, 0.15) is 27.8 Å². The topological polar surface area (TPSA) is 0 Å². The Morgan fingerprint density at radius 2 is 1.67 bits per heavy atom. The molecule has 0 aliphatic rings. The van der Waals surface area contributed by atoms with Gasteiger partial charge in [0.05, 0.1) is 0 Å². The fourth-order valence-electron chi connectivity index (χ4n) is 2.17. The predicted octanol–water partition coefficient (Wildman–Crippen LogP) is 4.73. The Kier molecular flexibility index (Phi) is 3.99. The molecule has 0 saturated carbocycles. The Labute approximate surface area is 110 Å². The summed E-state index contributed by atoms with van der Waals surface area (Å²) in [6.45, 7) is 8.12. The maximum atomic E-state index is 3.78. The third-order valence-electron chi connectivity index (χ3n) is 3.40. The van der Waals surface area contributed by atoms with Gasteiger partial charge in [0.1, 0.15) is 0 Å². The van der Waals surface area contributed by atoms with E-state index in [1.165, 1.54) is 27.8 Å². The van der Waals surface area contributed by atoms with Gasteiger partial charge in [0.15, 0.2) is 0 Å². The van der Waals surface area contributed by atoms with Gasteiger partial charge in [0.25, 0.3) is 0 Å². The zero-order valence-electron chi connectivity index (χ0n) is 11.2. The highest BCUT2D eigenvalue weighted by Crippen LogP contribution is 2.14. The third-order valence-corrected chi connectivity index (χ3v) is 3.40. The van der Waals surface area contributed by atoms with Crippen molar-refractivity contribution in [1.29, 1.82) is 0 Å². The van der Waals surface area contributed by atoms with Gasteiger partial charge in [-0.25, -0.2) is 0 Å². The van der Waals surface area contributed by atoms with E-state index in [4.69, 9.17) is 0 Å². The lowest BCUT2D eigenvalue weighted by Gasteiger charge is -2.07. The van der Waals surface area contributed by atoms with E-state index in [1.807, 2.05) is 6.08 Å². The molecule has 0 heterocycles. The summed E-state index contributed by atoms with van der Waals surface area (Å²) in [7, 11) is 0. The second kappa shape index (κ2) is 5.68. The first-order chi connectivity index (χ1) is 8.69. The van der Waals surface area contributed by atoms with Crippen molar-refractivity contribution in [3.05, 3.63) is 76.9 Å². The van der Waals surface area contributed by atoms with Crippen LogP contribution in [0, 0.1) is 13.8 Å². The fraction of sp³-hybridized carbons (Fsp3) is 0.222. The molecule has 0 aliphatic heterocycles. The van der Waals surface area contributed by atoms with Gasteiger partial charge in [0.2, 0.25) is 0 Å². The Balaban J connectivity index is 2.06. The number of hydrogen-bond acceptors (Lipinski definition) is 0. The summed E-state index contributed by atoms with van der Waals surface area (Å²) < 4.78 is 0. The van der Waals surface area contributed by atoms with Crippen LogP contribution in [0.5, 0.6) is 0 Å². The maximum Gasteiger partial charge on any atom is -0.0236 e. The van der Waals surface area contributed by atoms with E-state index in [0.29, 0.717) is 0 Å². The van der Waals surface area contributed by atoms with Crippen molar-refractivity contribution >= 4 is 6.08 Å². The summed E-state index contributed by atoms with van der Waals surface area (Å²) in [4.78, 5) is 0. The monoisotopic (exact) mass is 236 g/mol. The van der Waals surface area contributed by atoms with E-state index in [9.17, 15) is 0 Å². The average molecular weight is 236 g/mol. The summed E-state index contributed by atoms with van der Waals surface area (Å²) in [6, 6.07) is 15.3. The zero-order valence-corrected chi connectivity index (χ0v) is 11.2. The van der Waals surface area contributed by atoms with Crippen LogP contribution in [0.15, 0.2) is 49.0 Å². The Bertz CT molecular complexity index is 532. The smallest absolute Gasteiger partial charge is 0.0236 e. The number of rotatable bonds is 4. The second-order valence-corrected chi connectivity index (χ2v) is 4.88. The van der Waals surface area contributed by atoms with Gasteiger partial charge in [-0.1, -0.05) is 60.7 Å². The van der Waals surface area contributed by atoms with Gasteiger partial charge in [-0.15, -0.1) is 0 Å². The molecule has 2 rings (SSSR count). The van der Waals surface area contributed by atoms with Gasteiger partial charge in [-0.05, 0) is 48.9 Å². The molecule has 92 valence electrons. The number of benzene rings is 2. The lowest BCUT2D eigenvalue weighted by atomic mass is 9.98. The molecule has 0 unspecified atom stereocenters. The van der Waals surface area contributed by atoms with Crippen molar-refractivity contribution in [3.8, 4) is 0 Å². The van der Waals surface area contributed by atoms with Crippen LogP contribution in [0.2, 0.25) is 0 Å². The predicted molar refractivity (Wildman–Crippen MR) is 79.9 cm³/mol. The first-order valence-electron chi connectivity index (χ1n) is 6.46. The Hall–Kier alpha value is -1.82. The van der Waals surface area contributed by atoms with Crippen molar-refractivity contribution in [2.24, 2.45) is 0 Å². The van der Waals surface area contributed by atoms with E-state index in [0.717, 1.165) is 12.8 Å². The second-order valence-electron chi connectivity index (χ2n) is 4.88. The molecule has 2 aromatic rings. The molecule has 0 heteroatoms. The molecule has 0 nitrogen and oxygen atoms in total. The van der Waals surface area contributed by atoms with Crippen molar-refractivity contribution in [2.45, 2.75) is 26.7 Å². The first kappa shape index (κ1) is 12.6. The molecular formula is C18H20. The first-order valence-corrected chi connectivity index (χ1v) is 6.46. The average Bonchev–Trinajstić information content (AvgIpc) is 2.40. The molecule has 0 amide bonds. The van der Waals surface area contributed by atoms with E-state index in [2.05, 4.69) is 62.9 Å². The van der Waals surface area contributed by atoms with Crippen LogP contribution in [0.4, 0.5) is 0 Å². The molecular weight excluding hydrogens is 216 g/mol. The molecule has 0 atom stereocenters. The summed E-state index contributed by atoms with van der Waals surface area (Å²) >= 11 is 0. The molecule has 2 aromatic carbocycles. The van der Waals surface area contributed by atoms with E-state index in [1.54, 1.807) is 0 Å². The lowest BCUT2D eigenvalue weighted by Crippen LogP contribution is -1.95. The van der Waals surface area contributed by atoms with Gasteiger partial charge in [0, 0.05) is 0 Å². The van der Waals surface area contributed by atoms with Crippen LogP contribution < -0.4 is 0 Å². The SMILES string of the molecule is C=Cc1ccc(CCc2cc(C)ccc2C)cc1. The normalized spacial score (nSPS) is 10.3. The van der Waals surface area contributed by atoms with Gasteiger partial charge in [-0.2, -0.15) is 0 Å². The molecule has 0 N–H and O–H groups in total. The summed E-state index contributed by atoms with van der Waals surface area (Å²) in [5.41, 5.74) is 6.77. The highest BCUT2D eigenvalue weighted by molar-refractivity contribution is 5.47. The van der Waals surface area contributed by atoms with Crippen molar-refractivity contribution in [1.82, 2.24) is 0 Å². The van der Waals surface area contributed by atoms with Crippen molar-refractivity contribution in [3.63, 3.8) is 0 Å². The summed E-state index contributed by atoms with van der Waals surface area (Å²) in [5.74, 6) is 0. The lowest BCUT2D eigenvalue weighted by molar-refractivity contribution is 0.946. The summed E-state index contributed by atoms with van der Waals surface area (Å²) in [6.07, 6.45) is 4.09. The highest BCUT2D eigenvalue weighted by atomic mass is 14.1. The quantitative estimate of drug-likeness (QED) is 0.719. The van der Waals surface area contributed by atoms with E-state index >= 15 is 0 Å². The Morgan fingerprint density at radius 3 is 2.33 bits per heavy atom. The molecule has 18 heavy (non-hydrogen) atoms. The largest absolute Gasteiger partial charge is 0.0985 e. The zero-order chi connectivity index (χ0) is 13.0. The van der Waals surface area contributed by atoms with Crippen molar-refractivity contribution in [2.75, 3.05) is 0 Å². The molecule has 0 aliphatic carbocycles. The van der Waals surface area contributed by atoms with Crippen molar-refractivity contribution < 1.29 is 0 Å². The minimum absolute atomic E-state index is 1.10. The molecule has 0 bridgehead atoms. The van der Waals surface area contributed by atoms with Crippen LogP contribution in [0.25, 0.3) is 6.08 Å². The summed E-state index contributed by atoms with van der Waals surface area (Å²) in [5, 5.41) is 0. The standard InChI is InChI=1S/C18H20/c1-4-16-7-9-17(10-8-16)11-12-18-13-14(2)5-6-15(18)3/h4-10,13H,1,11-12H2,2-3H3. The highest BCUT2D eigenvalue weighted by Gasteiger charge is 2.00. The van der Waals surface area contributed by atoms with Gasteiger partial charge < -0.3 is 0 Å². The van der Waals surface area contributed by atoms with Crippen LogP contribution in [-0.2, 0) is 12.8 Å². The van der Waals surface area contributed by atoms with Crippen LogP contribution >= 0.6 is 0 Å². The van der Waals surface area contributed by atoms with Crippen LogP contribution in [-0.4, -0.2) is 0 Å². The fourth-order valence-corrected chi connectivity index (χ4v) is 2.17.